The number of benzene rings is 1. The summed E-state index contributed by atoms with van der Waals surface area (Å²) in [6.07, 6.45) is 4.97. The first-order chi connectivity index (χ1) is 18.7. The van der Waals surface area contributed by atoms with E-state index in [9.17, 15) is 19.5 Å². The predicted octanol–water partition coefficient (Wildman–Crippen LogP) is 3.14. The zero-order valence-corrected chi connectivity index (χ0v) is 24.5. The van der Waals surface area contributed by atoms with Gasteiger partial charge >= 0.3 is 0 Å². The van der Waals surface area contributed by atoms with Crippen molar-refractivity contribution in [1.29, 1.82) is 0 Å². The van der Waals surface area contributed by atoms with Crippen molar-refractivity contribution in [2.24, 2.45) is 11.8 Å². The lowest BCUT2D eigenvalue weighted by Gasteiger charge is -2.39. The summed E-state index contributed by atoms with van der Waals surface area (Å²) in [4.78, 5) is 47.2. The molecule has 3 heterocycles. The summed E-state index contributed by atoms with van der Waals surface area (Å²) in [6.45, 7) is 12.5. The number of likely N-dealkylation sites (tertiary alicyclic amines) is 1. The molecule has 3 amide bonds. The van der Waals surface area contributed by atoms with E-state index in [0.29, 0.717) is 26.1 Å². The summed E-state index contributed by atoms with van der Waals surface area (Å²) in [7, 11) is 0. The maximum Gasteiger partial charge on any atom is 0.248 e. The average molecular weight is 603 g/mol. The third kappa shape index (κ3) is 5.21. The molecule has 0 saturated carbocycles. The number of aliphatic hydroxyl groups excluding tert-OH is 1. The zero-order valence-electron chi connectivity index (χ0n) is 22.9. The molecule has 0 aromatic heterocycles. The Bertz CT molecular complexity index is 1080. The topological polar surface area (TPSA) is 90.4 Å². The molecule has 39 heavy (non-hydrogen) atoms. The number of rotatable bonds is 13. The van der Waals surface area contributed by atoms with Crippen LogP contribution in [0.1, 0.15) is 38.7 Å². The highest BCUT2D eigenvalue weighted by Gasteiger charge is 2.76. The highest BCUT2D eigenvalue weighted by molar-refractivity contribution is 9.09. The van der Waals surface area contributed by atoms with Gasteiger partial charge in [-0.15, -0.1) is 13.2 Å². The van der Waals surface area contributed by atoms with E-state index in [2.05, 4.69) is 36.0 Å². The molecule has 1 spiro atoms. The molecular weight excluding hydrogens is 562 g/mol. The summed E-state index contributed by atoms with van der Waals surface area (Å²) in [6, 6.07) is 8.70. The number of ether oxygens (including phenoxy) is 1. The van der Waals surface area contributed by atoms with E-state index in [1.54, 1.807) is 22.0 Å². The van der Waals surface area contributed by atoms with Gasteiger partial charge in [-0.05, 0) is 25.3 Å². The van der Waals surface area contributed by atoms with Crippen LogP contribution in [0.3, 0.4) is 0 Å². The van der Waals surface area contributed by atoms with Gasteiger partial charge in [0.05, 0.1) is 24.5 Å². The van der Waals surface area contributed by atoms with Crippen molar-refractivity contribution in [2.45, 2.75) is 68.3 Å². The highest BCUT2D eigenvalue weighted by atomic mass is 79.9. The van der Waals surface area contributed by atoms with Gasteiger partial charge in [0.15, 0.2) is 0 Å². The van der Waals surface area contributed by atoms with E-state index in [-0.39, 0.29) is 41.7 Å². The van der Waals surface area contributed by atoms with Crippen LogP contribution in [0, 0.1) is 11.8 Å². The highest BCUT2D eigenvalue weighted by Crippen LogP contribution is 2.60. The fourth-order valence-electron chi connectivity index (χ4n) is 6.80. The molecular formula is C30H40BrN3O5. The van der Waals surface area contributed by atoms with Crippen LogP contribution in [0.4, 0.5) is 0 Å². The minimum Gasteiger partial charge on any atom is -0.395 e. The SMILES string of the molecule is C=CCN(Cc1ccccc1)C(=O)[C@H]1[C@@H]2OC3(CC2Br)C(C(=O)N(CC=C)C(C)CCC)N(CCO)C(=O)[C@H]13. The molecule has 4 rings (SSSR count). The van der Waals surface area contributed by atoms with Crippen LogP contribution in [0.25, 0.3) is 0 Å². The minimum absolute atomic E-state index is 0.000144. The lowest BCUT2D eigenvalue weighted by atomic mass is 9.70. The maximum absolute atomic E-state index is 14.3. The van der Waals surface area contributed by atoms with Gasteiger partial charge in [-0.2, -0.15) is 0 Å². The first-order valence-corrected chi connectivity index (χ1v) is 14.7. The fourth-order valence-corrected chi connectivity index (χ4v) is 7.74. The molecule has 212 valence electrons. The van der Waals surface area contributed by atoms with Gasteiger partial charge in [0, 0.05) is 37.0 Å². The monoisotopic (exact) mass is 601 g/mol. The number of amides is 3. The average Bonchev–Trinajstić information content (AvgIpc) is 3.50. The lowest BCUT2D eigenvalue weighted by Crippen LogP contribution is -2.58. The van der Waals surface area contributed by atoms with E-state index in [0.717, 1.165) is 18.4 Å². The Kier molecular flexibility index (Phi) is 9.34. The summed E-state index contributed by atoms with van der Waals surface area (Å²) < 4.78 is 6.62. The van der Waals surface area contributed by atoms with Crippen LogP contribution >= 0.6 is 15.9 Å². The van der Waals surface area contributed by atoms with Crippen molar-refractivity contribution in [2.75, 3.05) is 26.2 Å². The summed E-state index contributed by atoms with van der Waals surface area (Å²) in [5, 5.41) is 9.89. The number of aliphatic hydroxyl groups is 1. The smallest absolute Gasteiger partial charge is 0.248 e. The van der Waals surface area contributed by atoms with Gasteiger partial charge in [-0.3, -0.25) is 14.4 Å². The number of halogens is 1. The number of hydrogen-bond donors (Lipinski definition) is 1. The molecule has 1 aromatic carbocycles. The number of alkyl halides is 1. The fraction of sp³-hybridized carbons (Fsp3) is 0.567. The van der Waals surface area contributed by atoms with Crippen molar-refractivity contribution >= 4 is 33.7 Å². The second kappa shape index (κ2) is 12.4. The second-order valence-electron chi connectivity index (χ2n) is 10.8. The van der Waals surface area contributed by atoms with Crippen molar-refractivity contribution in [1.82, 2.24) is 14.7 Å². The zero-order chi connectivity index (χ0) is 28.3. The molecule has 8 nitrogen and oxygen atoms in total. The molecule has 4 unspecified atom stereocenters. The van der Waals surface area contributed by atoms with Crippen LogP contribution in [0.2, 0.25) is 0 Å². The standard InChI is InChI=1S/C30H40BrN3O5/c1-5-11-20(4)33(15-7-3)29(38)26-30-18-22(31)25(39-30)23(24(30)28(37)34(26)16-17-35)27(36)32(14-6-2)19-21-12-9-8-10-13-21/h6-10,12-13,20,22-26,35H,2-3,5,11,14-19H2,1,4H3/t20?,22?,23-,24+,25-,26?,30?/m1/s1. The largest absolute Gasteiger partial charge is 0.395 e. The van der Waals surface area contributed by atoms with E-state index < -0.39 is 29.6 Å². The molecule has 9 heteroatoms. The van der Waals surface area contributed by atoms with Gasteiger partial charge in [0.25, 0.3) is 0 Å². The Morgan fingerprint density at radius 2 is 1.92 bits per heavy atom. The van der Waals surface area contributed by atoms with Crippen LogP contribution in [0.5, 0.6) is 0 Å². The molecule has 0 radical (unpaired) electrons. The normalized spacial score (nSPS) is 29.7. The van der Waals surface area contributed by atoms with Crippen LogP contribution in [0.15, 0.2) is 55.6 Å². The quantitative estimate of drug-likeness (QED) is 0.277. The minimum atomic E-state index is -1.15. The third-order valence-corrected chi connectivity index (χ3v) is 9.22. The maximum atomic E-state index is 14.3. The van der Waals surface area contributed by atoms with Gasteiger partial charge in [-0.1, -0.05) is 71.8 Å². The van der Waals surface area contributed by atoms with Gasteiger partial charge in [0.2, 0.25) is 17.7 Å². The van der Waals surface area contributed by atoms with Crippen LogP contribution in [-0.4, -0.2) is 92.4 Å². The molecule has 3 saturated heterocycles. The van der Waals surface area contributed by atoms with E-state index in [1.165, 1.54) is 4.90 Å². The number of β-amino-alcohol motifs (C(OH)–C–C–N with tert-alkyl or cyclic N) is 1. The molecule has 3 aliphatic heterocycles. The van der Waals surface area contributed by atoms with Crippen LogP contribution in [-0.2, 0) is 25.7 Å². The van der Waals surface area contributed by atoms with Crippen LogP contribution < -0.4 is 0 Å². The van der Waals surface area contributed by atoms with Gasteiger partial charge in [-0.25, -0.2) is 0 Å². The van der Waals surface area contributed by atoms with Crippen molar-refractivity contribution in [3.05, 3.63) is 61.2 Å². The van der Waals surface area contributed by atoms with Gasteiger partial charge in [0.1, 0.15) is 11.6 Å². The lowest BCUT2D eigenvalue weighted by molar-refractivity contribution is -0.150. The summed E-state index contributed by atoms with van der Waals surface area (Å²) in [5.41, 5.74) is -0.181. The molecule has 3 fully saturated rings. The Labute approximate surface area is 239 Å². The number of carbonyl (C=O) groups excluding carboxylic acids is 3. The molecule has 7 atom stereocenters. The first-order valence-electron chi connectivity index (χ1n) is 13.8. The first kappa shape index (κ1) is 29.5. The van der Waals surface area contributed by atoms with E-state index >= 15 is 0 Å². The molecule has 1 N–H and O–H groups in total. The number of nitrogens with zero attached hydrogens (tertiary/aromatic N) is 3. The van der Waals surface area contributed by atoms with Crippen molar-refractivity contribution in [3.63, 3.8) is 0 Å². The van der Waals surface area contributed by atoms with E-state index in [4.69, 9.17) is 4.74 Å². The molecule has 2 bridgehead atoms. The molecule has 1 aromatic rings. The van der Waals surface area contributed by atoms with Crippen molar-refractivity contribution < 1.29 is 24.2 Å². The molecule has 0 aliphatic carbocycles. The molecule has 3 aliphatic rings. The Hall–Kier alpha value is -2.49. The second-order valence-corrected chi connectivity index (χ2v) is 12.0. The third-order valence-electron chi connectivity index (χ3n) is 8.37. The Morgan fingerprint density at radius 1 is 1.23 bits per heavy atom. The van der Waals surface area contributed by atoms with Crippen molar-refractivity contribution in [3.8, 4) is 0 Å². The number of hydrogen-bond acceptors (Lipinski definition) is 5. The predicted molar refractivity (Wildman–Crippen MR) is 153 cm³/mol. The summed E-state index contributed by atoms with van der Waals surface area (Å²) in [5.74, 6) is -2.27. The summed E-state index contributed by atoms with van der Waals surface area (Å²) >= 11 is 3.73. The van der Waals surface area contributed by atoms with Gasteiger partial charge < -0.3 is 24.5 Å². The Morgan fingerprint density at radius 3 is 2.54 bits per heavy atom. The number of fused-ring (bicyclic) bond motifs is 1. The number of carbonyl (C=O) groups is 3. The van der Waals surface area contributed by atoms with E-state index in [1.807, 2.05) is 37.3 Å². The Balaban J connectivity index is 1.72.